The number of aryl methyl sites for hydroxylation is 1. The smallest absolute Gasteiger partial charge is 0.306 e. The predicted molar refractivity (Wildman–Crippen MR) is 144 cm³/mol. The summed E-state index contributed by atoms with van der Waals surface area (Å²) in [5, 5.41) is 16.6. The normalized spacial score (nSPS) is 12.5. The molecule has 0 radical (unpaired) electrons. The van der Waals surface area contributed by atoms with Crippen molar-refractivity contribution in [3.63, 3.8) is 0 Å². The summed E-state index contributed by atoms with van der Waals surface area (Å²) in [6.07, 6.45) is 0.479. The molecule has 2 aromatic rings. The Morgan fingerprint density at radius 1 is 0.974 bits per heavy atom. The molecule has 0 aliphatic carbocycles. The topological polar surface area (TPSA) is 108 Å². The third-order valence-corrected chi connectivity index (χ3v) is 6.11. The van der Waals surface area contributed by atoms with Crippen LogP contribution in [-0.4, -0.2) is 73.2 Å². The van der Waals surface area contributed by atoms with Crippen molar-refractivity contribution in [2.45, 2.75) is 58.6 Å². The molecule has 2 rings (SSSR count). The maximum Gasteiger partial charge on any atom is 0.306 e. The Balaban J connectivity index is 2.26. The summed E-state index contributed by atoms with van der Waals surface area (Å²) in [6, 6.07) is 6.97. The largest absolute Gasteiger partial charge is 0.469 e. The molecule has 2 amide bonds. The van der Waals surface area contributed by atoms with E-state index in [0.29, 0.717) is 24.2 Å². The number of aliphatic hydroxyl groups excluding tert-OH is 1. The van der Waals surface area contributed by atoms with Crippen LogP contribution in [0.2, 0.25) is 0 Å². The fraction of sp³-hybridized carbons (Fsp3) is 0.483. The second-order valence-electron chi connectivity index (χ2n) is 9.54. The van der Waals surface area contributed by atoms with Crippen LogP contribution in [-0.2, 0) is 16.0 Å². The average molecular weight is 548 g/mol. The molecular weight excluding hydrogens is 508 g/mol. The first-order chi connectivity index (χ1) is 18.6. The van der Waals surface area contributed by atoms with E-state index >= 15 is 0 Å². The lowest BCUT2D eigenvalue weighted by Gasteiger charge is -2.25. The number of ether oxygens (including phenoxy) is 1. The Morgan fingerprint density at radius 2 is 1.59 bits per heavy atom. The first kappa shape index (κ1) is 31.8. The van der Waals surface area contributed by atoms with E-state index in [1.807, 2.05) is 13.8 Å². The zero-order valence-corrected chi connectivity index (χ0v) is 23.1. The van der Waals surface area contributed by atoms with Gasteiger partial charge in [0.15, 0.2) is 0 Å². The number of amides is 2. The zero-order valence-electron chi connectivity index (χ0n) is 23.1. The van der Waals surface area contributed by atoms with E-state index in [1.165, 1.54) is 13.2 Å². The molecule has 10 heteroatoms. The highest BCUT2D eigenvalue weighted by molar-refractivity contribution is 6.00. The van der Waals surface area contributed by atoms with Crippen LogP contribution in [0.1, 0.15) is 65.0 Å². The van der Waals surface area contributed by atoms with Crippen molar-refractivity contribution < 1.29 is 33.0 Å². The number of rotatable bonds is 15. The maximum absolute atomic E-state index is 13.8. The van der Waals surface area contributed by atoms with Crippen molar-refractivity contribution in [1.29, 1.82) is 0 Å². The van der Waals surface area contributed by atoms with E-state index in [4.69, 9.17) is 0 Å². The van der Waals surface area contributed by atoms with Gasteiger partial charge in [0.1, 0.15) is 11.6 Å². The van der Waals surface area contributed by atoms with Crippen LogP contribution in [0.5, 0.6) is 0 Å². The molecule has 8 nitrogen and oxygen atoms in total. The summed E-state index contributed by atoms with van der Waals surface area (Å²) < 4.78 is 32.2. The number of benzene rings is 2. The number of methoxy groups -OCH3 is 1. The van der Waals surface area contributed by atoms with Crippen molar-refractivity contribution in [3.05, 3.63) is 70.3 Å². The van der Waals surface area contributed by atoms with Gasteiger partial charge in [-0.1, -0.05) is 13.8 Å². The molecule has 0 aliphatic rings. The summed E-state index contributed by atoms with van der Waals surface area (Å²) in [7, 11) is 1.27. The lowest BCUT2D eigenvalue weighted by molar-refractivity contribution is -0.140. The van der Waals surface area contributed by atoms with Gasteiger partial charge < -0.3 is 25.4 Å². The average Bonchev–Trinajstić information content (AvgIpc) is 2.88. The van der Waals surface area contributed by atoms with Crippen LogP contribution in [0.4, 0.5) is 8.78 Å². The lowest BCUT2D eigenvalue weighted by Crippen LogP contribution is -2.49. The summed E-state index contributed by atoms with van der Waals surface area (Å²) in [5.41, 5.74) is 1.58. The highest BCUT2D eigenvalue weighted by atomic mass is 19.1. The van der Waals surface area contributed by atoms with Crippen LogP contribution in [0.25, 0.3) is 0 Å². The van der Waals surface area contributed by atoms with Crippen LogP contribution in [0.15, 0.2) is 36.4 Å². The first-order valence-corrected chi connectivity index (χ1v) is 13.2. The molecule has 2 aromatic carbocycles. The van der Waals surface area contributed by atoms with E-state index in [1.54, 1.807) is 24.0 Å². The number of carbonyl (C=O) groups excluding carboxylic acids is 3. The van der Waals surface area contributed by atoms with Gasteiger partial charge in [-0.15, -0.1) is 0 Å². The molecule has 0 spiro atoms. The van der Waals surface area contributed by atoms with Gasteiger partial charge in [-0.3, -0.25) is 14.4 Å². The van der Waals surface area contributed by atoms with Gasteiger partial charge in [-0.2, -0.15) is 0 Å². The molecule has 0 aromatic heterocycles. The Labute approximate surface area is 228 Å². The predicted octanol–water partition coefficient (Wildman–Crippen LogP) is 3.39. The van der Waals surface area contributed by atoms with Gasteiger partial charge in [0, 0.05) is 43.4 Å². The molecule has 0 bridgehead atoms. The second kappa shape index (κ2) is 15.9. The number of esters is 1. The molecule has 214 valence electrons. The molecule has 0 unspecified atom stereocenters. The van der Waals surface area contributed by atoms with E-state index in [2.05, 4.69) is 15.4 Å². The zero-order chi connectivity index (χ0) is 28.9. The van der Waals surface area contributed by atoms with Gasteiger partial charge in [0.25, 0.3) is 11.8 Å². The van der Waals surface area contributed by atoms with Gasteiger partial charge in [0.2, 0.25) is 0 Å². The van der Waals surface area contributed by atoms with E-state index < -0.39 is 35.7 Å². The molecule has 0 saturated heterocycles. The van der Waals surface area contributed by atoms with Gasteiger partial charge >= 0.3 is 5.97 Å². The van der Waals surface area contributed by atoms with Crippen molar-refractivity contribution >= 4 is 17.8 Å². The highest BCUT2D eigenvalue weighted by Gasteiger charge is 2.24. The van der Waals surface area contributed by atoms with Crippen LogP contribution in [0.3, 0.4) is 0 Å². The minimum atomic E-state index is -1.16. The molecule has 2 atom stereocenters. The molecular formula is C29H39F2N3O5. The molecule has 0 fully saturated rings. The number of carbonyl (C=O) groups is 3. The third-order valence-electron chi connectivity index (χ3n) is 6.11. The van der Waals surface area contributed by atoms with E-state index in [9.17, 15) is 28.3 Å². The standard InChI is InChI=1S/C29H39F2N3O5/c1-5-9-34(10-6-2)29(38)22-12-19(3)11-21(16-22)28(37)33-25(15-20-13-23(30)17-24(31)14-20)26(35)18-32-8-7-27(36)39-4/h11-14,16-17,25-26,32,35H,5-10,15,18H2,1-4H3,(H,33,37)/t25-,26+/m0/s1. The number of hydrogen-bond acceptors (Lipinski definition) is 6. The number of aliphatic hydroxyl groups is 1. The fourth-order valence-electron chi connectivity index (χ4n) is 4.28. The monoisotopic (exact) mass is 547 g/mol. The van der Waals surface area contributed by atoms with Crippen molar-refractivity contribution in [3.8, 4) is 0 Å². The Morgan fingerprint density at radius 3 is 2.18 bits per heavy atom. The van der Waals surface area contributed by atoms with E-state index in [-0.39, 0.29) is 43.0 Å². The highest BCUT2D eigenvalue weighted by Crippen LogP contribution is 2.16. The maximum atomic E-state index is 13.8. The van der Waals surface area contributed by atoms with Crippen molar-refractivity contribution in [1.82, 2.24) is 15.5 Å². The molecule has 0 aliphatic heterocycles. The minimum absolute atomic E-state index is 0.000285. The van der Waals surface area contributed by atoms with Crippen molar-refractivity contribution in [2.75, 3.05) is 33.3 Å². The SMILES string of the molecule is CCCN(CCC)C(=O)c1cc(C)cc(C(=O)N[C@@H](Cc2cc(F)cc(F)c2)[C@H](O)CNCCC(=O)OC)c1. The van der Waals surface area contributed by atoms with Crippen LogP contribution >= 0.6 is 0 Å². The summed E-state index contributed by atoms with van der Waals surface area (Å²) in [4.78, 5) is 39.5. The van der Waals surface area contributed by atoms with Gasteiger partial charge in [0.05, 0.1) is 25.7 Å². The van der Waals surface area contributed by atoms with Crippen LogP contribution in [0, 0.1) is 18.6 Å². The van der Waals surface area contributed by atoms with Crippen molar-refractivity contribution in [2.24, 2.45) is 0 Å². The quantitative estimate of drug-likeness (QED) is 0.233. The Hall–Kier alpha value is -3.37. The second-order valence-corrected chi connectivity index (χ2v) is 9.54. The van der Waals surface area contributed by atoms with Gasteiger partial charge in [-0.25, -0.2) is 8.78 Å². The van der Waals surface area contributed by atoms with Gasteiger partial charge in [-0.05, 0) is 67.6 Å². The summed E-state index contributed by atoms with van der Waals surface area (Å²) >= 11 is 0. The lowest BCUT2D eigenvalue weighted by atomic mass is 9.99. The van der Waals surface area contributed by atoms with E-state index in [0.717, 1.165) is 31.0 Å². The van der Waals surface area contributed by atoms with Crippen LogP contribution < -0.4 is 10.6 Å². The number of nitrogens with one attached hydrogen (secondary N) is 2. The number of hydrogen-bond donors (Lipinski definition) is 3. The minimum Gasteiger partial charge on any atom is -0.469 e. The summed E-state index contributed by atoms with van der Waals surface area (Å²) in [5.74, 6) is -2.67. The third kappa shape index (κ3) is 10.4. The fourth-order valence-corrected chi connectivity index (χ4v) is 4.28. The molecule has 39 heavy (non-hydrogen) atoms. The Bertz CT molecular complexity index is 1100. The molecule has 0 saturated carbocycles. The first-order valence-electron chi connectivity index (χ1n) is 13.2. The molecule has 0 heterocycles. The molecule has 3 N–H and O–H groups in total. The number of halogens is 2. The Kier molecular flexibility index (Phi) is 13.0. The summed E-state index contributed by atoms with van der Waals surface area (Å²) in [6.45, 7) is 7.20. The number of nitrogens with zero attached hydrogens (tertiary/aromatic N) is 1.